The fourth-order valence-corrected chi connectivity index (χ4v) is 2.19. The van der Waals surface area contributed by atoms with Gasteiger partial charge >= 0.3 is 0 Å². The lowest BCUT2D eigenvalue weighted by Crippen LogP contribution is -2.28. The second-order valence-corrected chi connectivity index (χ2v) is 4.99. The molecule has 0 saturated carbocycles. The van der Waals surface area contributed by atoms with Gasteiger partial charge in [0.15, 0.2) is 5.13 Å². The van der Waals surface area contributed by atoms with Gasteiger partial charge in [0, 0.05) is 18.0 Å². The number of anilines is 1. The summed E-state index contributed by atoms with van der Waals surface area (Å²) < 4.78 is 0. The van der Waals surface area contributed by atoms with Crippen molar-refractivity contribution in [1.29, 1.82) is 0 Å². The number of aromatic amines is 1. The maximum atomic E-state index is 12.1. The summed E-state index contributed by atoms with van der Waals surface area (Å²) in [5.74, 6) is -0.306. The molecule has 1 N–H and O–H groups in total. The summed E-state index contributed by atoms with van der Waals surface area (Å²) in [4.78, 5) is 29.8. The molecule has 0 radical (unpaired) electrons. The number of hydrogen-bond acceptors (Lipinski definition) is 5. The second kappa shape index (κ2) is 4.69. The Hall–Kier alpha value is -2.02. The molecule has 0 fully saturated rings. The number of aromatic nitrogens is 3. The fourth-order valence-electron chi connectivity index (χ4n) is 1.32. The molecule has 0 atom stereocenters. The molecule has 2 aromatic rings. The summed E-state index contributed by atoms with van der Waals surface area (Å²) >= 11 is 1.44. The third-order valence-electron chi connectivity index (χ3n) is 2.51. The first kappa shape index (κ1) is 12.4. The number of carbonyl (C=O) groups excluding carboxylic acids is 1. The minimum Gasteiger partial charge on any atom is -0.286 e. The number of carbonyl (C=O) groups is 1. The molecular weight excluding hydrogens is 252 g/mol. The lowest BCUT2D eigenvalue weighted by molar-refractivity contribution is 0.0987. The largest absolute Gasteiger partial charge is 0.286 e. The summed E-state index contributed by atoms with van der Waals surface area (Å²) in [5, 5.41) is 6.55. The number of hydrogen-bond donors (Lipinski definition) is 1. The van der Waals surface area contributed by atoms with Crippen molar-refractivity contribution in [2.24, 2.45) is 0 Å². The first-order chi connectivity index (χ1) is 8.49. The highest BCUT2D eigenvalue weighted by molar-refractivity contribution is 7.15. The first-order valence-electron chi connectivity index (χ1n) is 5.27. The molecule has 0 aliphatic carbocycles. The highest BCUT2D eigenvalue weighted by atomic mass is 32.1. The van der Waals surface area contributed by atoms with E-state index < -0.39 is 0 Å². The molecule has 0 saturated heterocycles. The van der Waals surface area contributed by atoms with Crippen LogP contribution in [0.3, 0.4) is 0 Å². The topological polar surface area (TPSA) is 79.0 Å². The molecule has 2 aromatic heterocycles. The van der Waals surface area contributed by atoms with E-state index in [1.54, 1.807) is 7.05 Å². The van der Waals surface area contributed by atoms with Gasteiger partial charge in [-0.25, -0.2) is 10.1 Å². The number of aryl methyl sites for hydroxylation is 2. The molecule has 0 aliphatic heterocycles. The lowest BCUT2D eigenvalue weighted by atomic mass is 10.3. The Kier molecular flexibility index (Phi) is 3.24. The number of rotatable bonds is 2. The van der Waals surface area contributed by atoms with Crippen LogP contribution in [0, 0.1) is 13.8 Å². The molecule has 94 valence electrons. The maximum Gasteiger partial charge on any atom is 0.280 e. The predicted molar refractivity (Wildman–Crippen MR) is 69.2 cm³/mol. The third-order valence-corrected chi connectivity index (χ3v) is 3.66. The van der Waals surface area contributed by atoms with E-state index in [1.165, 1.54) is 28.4 Å². The normalized spacial score (nSPS) is 10.4. The SMILES string of the molecule is Cc1nc(N(C)C(=O)c2ccc(=O)[nH]n2)sc1C. The van der Waals surface area contributed by atoms with Crippen molar-refractivity contribution in [3.05, 3.63) is 38.8 Å². The minimum atomic E-state index is -0.338. The smallest absolute Gasteiger partial charge is 0.280 e. The average Bonchev–Trinajstić information content (AvgIpc) is 2.69. The van der Waals surface area contributed by atoms with E-state index in [4.69, 9.17) is 0 Å². The Labute approximate surface area is 107 Å². The van der Waals surface area contributed by atoms with Crippen molar-refractivity contribution in [3.63, 3.8) is 0 Å². The van der Waals surface area contributed by atoms with Crippen LogP contribution in [0.1, 0.15) is 21.1 Å². The first-order valence-corrected chi connectivity index (χ1v) is 6.08. The van der Waals surface area contributed by atoms with Gasteiger partial charge in [-0.15, -0.1) is 11.3 Å². The molecule has 18 heavy (non-hydrogen) atoms. The molecule has 2 rings (SSSR count). The van der Waals surface area contributed by atoms with Crippen LogP contribution in [-0.4, -0.2) is 28.1 Å². The maximum absolute atomic E-state index is 12.1. The average molecular weight is 264 g/mol. The quantitative estimate of drug-likeness (QED) is 0.881. The molecule has 0 unspecified atom stereocenters. The van der Waals surface area contributed by atoms with Gasteiger partial charge in [-0.3, -0.25) is 14.5 Å². The molecule has 0 aliphatic rings. The van der Waals surface area contributed by atoms with Crippen LogP contribution in [-0.2, 0) is 0 Å². The standard InChI is InChI=1S/C11H12N4O2S/c1-6-7(2)18-11(12-6)15(3)10(17)8-4-5-9(16)14-13-8/h4-5H,1-3H3,(H,14,16). The molecule has 0 bridgehead atoms. The molecule has 7 heteroatoms. The van der Waals surface area contributed by atoms with Gasteiger partial charge in [0.25, 0.3) is 11.5 Å². The van der Waals surface area contributed by atoms with Gasteiger partial charge in [-0.1, -0.05) is 0 Å². The summed E-state index contributed by atoms with van der Waals surface area (Å²) in [6.45, 7) is 3.85. The Morgan fingerprint density at radius 2 is 2.11 bits per heavy atom. The van der Waals surface area contributed by atoms with E-state index in [0.29, 0.717) is 5.13 Å². The molecule has 0 spiro atoms. The van der Waals surface area contributed by atoms with Crippen LogP contribution in [0.15, 0.2) is 16.9 Å². The van der Waals surface area contributed by atoms with Crippen molar-refractivity contribution in [1.82, 2.24) is 15.2 Å². The Morgan fingerprint density at radius 3 is 2.61 bits per heavy atom. The van der Waals surface area contributed by atoms with Gasteiger partial charge in [-0.05, 0) is 19.9 Å². The molecule has 2 heterocycles. The van der Waals surface area contributed by atoms with Crippen molar-refractivity contribution in [2.45, 2.75) is 13.8 Å². The summed E-state index contributed by atoms with van der Waals surface area (Å²) in [6.07, 6.45) is 0. The van der Waals surface area contributed by atoms with Crippen LogP contribution in [0.5, 0.6) is 0 Å². The summed E-state index contributed by atoms with van der Waals surface area (Å²) in [5.41, 5.74) is 0.752. The molecule has 6 nitrogen and oxygen atoms in total. The molecular formula is C11H12N4O2S. The van der Waals surface area contributed by atoms with Gasteiger partial charge in [0.05, 0.1) is 5.69 Å². The van der Waals surface area contributed by atoms with Gasteiger partial charge in [0.2, 0.25) is 0 Å². The zero-order chi connectivity index (χ0) is 13.3. The van der Waals surface area contributed by atoms with E-state index in [2.05, 4.69) is 15.2 Å². The summed E-state index contributed by atoms with van der Waals surface area (Å²) in [7, 11) is 1.63. The van der Waals surface area contributed by atoms with Gasteiger partial charge in [-0.2, -0.15) is 5.10 Å². The van der Waals surface area contributed by atoms with E-state index >= 15 is 0 Å². The number of thiazole rings is 1. The fraction of sp³-hybridized carbons (Fsp3) is 0.273. The zero-order valence-corrected chi connectivity index (χ0v) is 11.0. The predicted octanol–water partition coefficient (Wildman–Crippen LogP) is 1.12. The number of H-pyrrole nitrogens is 1. The van der Waals surface area contributed by atoms with Crippen molar-refractivity contribution in [2.75, 3.05) is 11.9 Å². The van der Waals surface area contributed by atoms with Crippen molar-refractivity contribution in [3.8, 4) is 0 Å². The van der Waals surface area contributed by atoms with Gasteiger partial charge < -0.3 is 0 Å². The van der Waals surface area contributed by atoms with Crippen LogP contribution >= 0.6 is 11.3 Å². The van der Waals surface area contributed by atoms with E-state index in [-0.39, 0.29) is 17.2 Å². The van der Waals surface area contributed by atoms with Crippen LogP contribution in [0.2, 0.25) is 0 Å². The Bertz CT molecular complexity index is 607. The van der Waals surface area contributed by atoms with E-state index in [0.717, 1.165) is 10.6 Å². The Morgan fingerprint density at radius 1 is 1.39 bits per heavy atom. The second-order valence-electron chi connectivity index (χ2n) is 3.81. The van der Waals surface area contributed by atoms with Gasteiger partial charge in [0.1, 0.15) is 5.69 Å². The highest BCUT2D eigenvalue weighted by Crippen LogP contribution is 2.24. The van der Waals surface area contributed by atoms with Crippen LogP contribution in [0.25, 0.3) is 0 Å². The van der Waals surface area contributed by atoms with Crippen LogP contribution in [0.4, 0.5) is 5.13 Å². The molecule has 1 amide bonds. The summed E-state index contributed by atoms with van der Waals surface area (Å²) in [6, 6.07) is 2.66. The molecule has 0 aromatic carbocycles. The Balaban J connectivity index is 2.28. The van der Waals surface area contributed by atoms with Crippen molar-refractivity contribution >= 4 is 22.4 Å². The van der Waals surface area contributed by atoms with E-state index in [1.807, 2.05) is 13.8 Å². The lowest BCUT2D eigenvalue weighted by Gasteiger charge is -2.12. The van der Waals surface area contributed by atoms with E-state index in [9.17, 15) is 9.59 Å². The number of nitrogens with one attached hydrogen (secondary N) is 1. The van der Waals surface area contributed by atoms with Crippen LogP contribution < -0.4 is 10.5 Å². The minimum absolute atomic E-state index is 0.183. The highest BCUT2D eigenvalue weighted by Gasteiger charge is 2.18. The zero-order valence-electron chi connectivity index (χ0n) is 10.2. The number of nitrogens with zero attached hydrogens (tertiary/aromatic N) is 3. The number of amides is 1. The monoisotopic (exact) mass is 264 g/mol. The third kappa shape index (κ3) is 2.30. The van der Waals surface area contributed by atoms with Crippen molar-refractivity contribution < 1.29 is 4.79 Å².